The number of guanidine groups is 1. The number of aromatic nitrogens is 2. The fourth-order valence-corrected chi connectivity index (χ4v) is 5.01. The van der Waals surface area contributed by atoms with Gasteiger partial charge in [0.1, 0.15) is 6.17 Å². The lowest BCUT2D eigenvalue weighted by molar-refractivity contribution is 0.0334. The molecule has 0 spiro atoms. The molecule has 3 aromatic rings. The molecule has 1 atom stereocenters. The number of methoxy groups -OCH3 is 2. The zero-order valence-corrected chi connectivity index (χ0v) is 20.2. The predicted octanol–water partition coefficient (Wildman–Crippen LogP) is 1.93. The monoisotopic (exact) mass is 477 g/mol. The van der Waals surface area contributed by atoms with E-state index in [0.29, 0.717) is 18.2 Å². The van der Waals surface area contributed by atoms with Crippen LogP contribution in [0, 0.1) is 0 Å². The van der Waals surface area contributed by atoms with Crippen molar-refractivity contribution in [3.63, 3.8) is 0 Å². The first-order chi connectivity index (χ1) is 17.2. The molecule has 35 heavy (non-hydrogen) atoms. The minimum absolute atomic E-state index is 0.174. The van der Waals surface area contributed by atoms with Crippen molar-refractivity contribution in [2.45, 2.75) is 6.17 Å². The standard InChI is InChI=1S/C25H31N7O3/c1-33-21-8-7-18(15-22(21)34-2)23-28-24-26-16-30(10-9-29-11-13-35-14-12-29)17-31(24)25-27-19-5-3-4-6-20(19)32(23)25/h3-8,15,23H,9-14,16-17H2,1-2H3,(H,26,28)/t23-/m0/s1. The van der Waals surface area contributed by atoms with Gasteiger partial charge in [0.05, 0.1) is 51.8 Å². The molecule has 0 unspecified atom stereocenters. The number of rotatable bonds is 6. The average molecular weight is 478 g/mol. The number of benzene rings is 2. The molecule has 1 fully saturated rings. The van der Waals surface area contributed by atoms with Gasteiger partial charge in [-0.05, 0) is 29.8 Å². The number of morpholine rings is 1. The molecule has 0 saturated carbocycles. The molecule has 4 heterocycles. The van der Waals surface area contributed by atoms with Crippen LogP contribution < -0.4 is 19.7 Å². The van der Waals surface area contributed by atoms with Crippen molar-refractivity contribution in [1.82, 2.24) is 24.7 Å². The maximum absolute atomic E-state index is 5.59. The summed E-state index contributed by atoms with van der Waals surface area (Å²) in [6.45, 7) is 6.99. The van der Waals surface area contributed by atoms with Crippen molar-refractivity contribution in [2.75, 3.05) is 71.8 Å². The number of anilines is 1. The summed E-state index contributed by atoms with van der Waals surface area (Å²) in [5.74, 6) is 3.13. The molecule has 3 aliphatic rings. The van der Waals surface area contributed by atoms with Crippen LogP contribution in [0.3, 0.4) is 0 Å². The molecule has 1 N–H and O–H groups in total. The van der Waals surface area contributed by atoms with Crippen LogP contribution >= 0.6 is 0 Å². The van der Waals surface area contributed by atoms with Crippen LogP contribution in [-0.2, 0) is 4.74 Å². The molecule has 1 saturated heterocycles. The zero-order valence-electron chi connectivity index (χ0n) is 20.2. The maximum atomic E-state index is 5.59. The summed E-state index contributed by atoms with van der Waals surface area (Å²) >= 11 is 0. The number of nitrogens with zero attached hydrogens (tertiary/aromatic N) is 6. The second kappa shape index (κ2) is 9.37. The SMILES string of the molecule is COc1ccc([C@H]2NC3=NCN(CCN4CCOCC4)CN3c3nc4ccccc4n32)cc1OC. The van der Waals surface area contributed by atoms with E-state index in [9.17, 15) is 0 Å². The first kappa shape index (κ1) is 22.1. The van der Waals surface area contributed by atoms with Crippen molar-refractivity contribution < 1.29 is 14.2 Å². The van der Waals surface area contributed by atoms with Gasteiger partial charge in [0.25, 0.3) is 0 Å². The highest BCUT2D eigenvalue weighted by molar-refractivity contribution is 5.98. The summed E-state index contributed by atoms with van der Waals surface area (Å²) in [4.78, 5) is 17.0. The Morgan fingerprint density at radius 2 is 1.80 bits per heavy atom. The van der Waals surface area contributed by atoms with Gasteiger partial charge in [-0.2, -0.15) is 0 Å². The summed E-state index contributed by atoms with van der Waals surface area (Å²) in [5, 5.41) is 3.67. The molecule has 2 aromatic carbocycles. The van der Waals surface area contributed by atoms with E-state index in [1.165, 1.54) is 0 Å². The van der Waals surface area contributed by atoms with Gasteiger partial charge in [-0.25, -0.2) is 9.98 Å². The van der Waals surface area contributed by atoms with Crippen LogP contribution in [0.25, 0.3) is 11.0 Å². The van der Waals surface area contributed by atoms with E-state index in [2.05, 4.69) is 48.8 Å². The lowest BCUT2D eigenvalue weighted by Crippen LogP contribution is -2.58. The van der Waals surface area contributed by atoms with E-state index in [1.54, 1.807) is 14.2 Å². The summed E-state index contributed by atoms with van der Waals surface area (Å²) in [6.07, 6.45) is -0.174. The maximum Gasteiger partial charge on any atom is 0.216 e. The van der Waals surface area contributed by atoms with Crippen LogP contribution in [0.2, 0.25) is 0 Å². The first-order valence-corrected chi connectivity index (χ1v) is 12.0. The first-order valence-electron chi connectivity index (χ1n) is 12.0. The largest absolute Gasteiger partial charge is 0.493 e. The van der Waals surface area contributed by atoms with E-state index in [1.807, 2.05) is 18.2 Å². The van der Waals surface area contributed by atoms with Gasteiger partial charge in [-0.3, -0.25) is 19.3 Å². The molecule has 10 nitrogen and oxygen atoms in total. The Labute approximate surface area is 204 Å². The number of imidazole rings is 1. The Balaban J connectivity index is 1.33. The van der Waals surface area contributed by atoms with Crippen molar-refractivity contribution >= 4 is 22.9 Å². The van der Waals surface area contributed by atoms with Crippen LogP contribution in [-0.4, -0.2) is 92.3 Å². The number of nitrogens with one attached hydrogen (secondary N) is 1. The van der Waals surface area contributed by atoms with E-state index < -0.39 is 0 Å². The Bertz CT molecular complexity index is 1240. The van der Waals surface area contributed by atoms with Gasteiger partial charge in [0.15, 0.2) is 11.5 Å². The van der Waals surface area contributed by atoms with Crippen LogP contribution in [0.5, 0.6) is 11.5 Å². The lowest BCUT2D eigenvalue weighted by Gasteiger charge is -2.42. The molecule has 0 bridgehead atoms. The highest BCUT2D eigenvalue weighted by atomic mass is 16.5. The van der Waals surface area contributed by atoms with Gasteiger partial charge in [-0.1, -0.05) is 18.2 Å². The normalized spacial score (nSPS) is 20.7. The number of hydrogen-bond donors (Lipinski definition) is 1. The second-order valence-corrected chi connectivity index (χ2v) is 8.97. The van der Waals surface area contributed by atoms with Crippen LogP contribution in [0.1, 0.15) is 11.7 Å². The Hall–Kier alpha value is -3.34. The average Bonchev–Trinajstić information content (AvgIpc) is 3.31. The van der Waals surface area contributed by atoms with Gasteiger partial charge in [0, 0.05) is 26.2 Å². The van der Waals surface area contributed by atoms with Crippen LogP contribution in [0.15, 0.2) is 47.5 Å². The molecule has 0 aliphatic carbocycles. The van der Waals surface area contributed by atoms with Crippen molar-refractivity contribution in [3.8, 4) is 11.5 Å². The Morgan fingerprint density at radius 3 is 2.63 bits per heavy atom. The van der Waals surface area contributed by atoms with E-state index in [4.69, 9.17) is 24.2 Å². The smallest absolute Gasteiger partial charge is 0.216 e. The third-order valence-corrected chi connectivity index (χ3v) is 6.92. The number of para-hydroxylation sites is 2. The zero-order chi connectivity index (χ0) is 23.8. The third kappa shape index (κ3) is 4.07. The topological polar surface area (TPSA) is 79.6 Å². The van der Waals surface area contributed by atoms with E-state index in [-0.39, 0.29) is 6.17 Å². The fraction of sp³-hybridized carbons (Fsp3) is 0.440. The Kier molecular flexibility index (Phi) is 5.93. The van der Waals surface area contributed by atoms with E-state index in [0.717, 1.165) is 74.6 Å². The molecule has 6 rings (SSSR count). The summed E-state index contributed by atoms with van der Waals surface area (Å²) in [5.41, 5.74) is 3.07. The minimum Gasteiger partial charge on any atom is -0.493 e. The molecule has 0 radical (unpaired) electrons. The number of ether oxygens (including phenoxy) is 3. The molecular formula is C25H31N7O3. The third-order valence-electron chi connectivity index (χ3n) is 6.92. The molecule has 0 amide bonds. The quantitative estimate of drug-likeness (QED) is 0.577. The highest BCUT2D eigenvalue weighted by Crippen LogP contribution is 2.36. The Morgan fingerprint density at radius 1 is 1.00 bits per heavy atom. The summed E-state index contributed by atoms with van der Waals surface area (Å²) < 4.78 is 18.8. The summed E-state index contributed by atoms with van der Waals surface area (Å²) in [7, 11) is 3.31. The highest BCUT2D eigenvalue weighted by Gasteiger charge is 2.36. The molecular weight excluding hydrogens is 446 g/mol. The van der Waals surface area contributed by atoms with Gasteiger partial charge < -0.3 is 19.5 Å². The minimum atomic E-state index is -0.174. The number of hydrogen-bond acceptors (Lipinski definition) is 9. The molecule has 10 heteroatoms. The second-order valence-electron chi connectivity index (χ2n) is 8.97. The van der Waals surface area contributed by atoms with Gasteiger partial charge in [-0.15, -0.1) is 0 Å². The summed E-state index contributed by atoms with van der Waals surface area (Å²) in [6, 6.07) is 14.3. The number of fused-ring (bicyclic) bond motifs is 5. The number of aliphatic imine (C=N–C) groups is 1. The van der Waals surface area contributed by atoms with E-state index >= 15 is 0 Å². The lowest BCUT2D eigenvalue weighted by atomic mass is 10.1. The fourth-order valence-electron chi connectivity index (χ4n) is 5.01. The van der Waals surface area contributed by atoms with Crippen LogP contribution in [0.4, 0.5) is 5.95 Å². The molecule has 184 valence electrons. The van der Waals surface area contributed by atoms with Crippen molar-refractivity contribution in [2.24, 2.45) is 4.99 Å². The van der Waals surface area contributed by atoms with Crippen molar-refractivity contribution in [1.29, 1.82) is 0 Å². The van der Waals surface area contributed by atoms with Crippen molar-refractivity contribution in [3.05, 3.63) is 48.0 Å². The van der Waals surface area contributed by atoms with Gasteiger partial charge >= 0.3 is 0 Å². The predicted molar refractivity (Wildman–Crippen MR) is 134 cm³/mol. The van der Waals surface area contributed by atoms with Gasteiger partial charge in [0.2, 0.25) is 11.9 Å². The molecule has 1 aromatic heterocycles. The molecule has 3 aliphatic heterocycles.